The van der Waals surface area contributed by atoms with Crippen molar-refractivity contribution < 1.29 is 9.32 Å². The molecular weight excluding hydrogens is 284 g/mol. The lowest BCUT2D eigenvalue weighted by Crippen LogP contribution is -2.19. The van der Waals surface area contributed by atoms with Gasteiger partial charge in [0.15, 0.2) is 5.58 Å². The first-order valence-electron chi connectivity index (χ1n) is 6.73. The number of amides is 1. The Morgan fingerprint density at radius 3 is 2.95 bits per heavy atom. The van der Waals surface area contributed by atoms with Gasteiger partial charge in [0.1, 0.15) is 11.5 Å². The first kappa shape index (κ1) is 14.0. The number of aromatic amines is 1. The van der Waals surface area contributed by atoms with Crippen LogP contribution in [0.25, 0.3) is 11.0 Å². The highest BCUT2D eigenvalue weighted by molar-refractivity contribution is 5.94. The Balaban J connectivity index is 1.84. The van der Waals surface area contributed by atoms with Crippen LogP contribution in [0.5, 0.6) is 0 Å². The van der Waals surface area contributed by atoms with Gasteiger partial charge in [-0.15, -0.1) is 0 Å². The summed E-state index contributed by atoms with van der Waals surface area (Å²) in [6.45, 7) is 3.93. The number of anilines is 1. The Labute approximate surface area is 125 Å². The van der Waals surface area contributed by atoms with E-state index in [2.05, 4.69) is 20.4 Å². The highest BCUT2D eigenvalue weighted by Crippen LogP contribution is 2.24. The highest BCUT2D eigenvalue weighted by atomic mass is 16.5. The molecule has 1 aromatic carbocycles. The van der Waals surface area contributed by atoms with Crippen molar-refractivity contribution in [2.24, 2.45) is 0 Å². The molecule has 0 aliphatic carbocycles. The number of aryl methyl sites for hydroxylation is 2. The van der Waals surface area contributed by atoms with E-state index in [9.17, 15) is 9.59 Å². The van der Waals surface area contributed by atoms with Gasteiger partial charge in [0.25, 0.3) is 0 Å². The number of nitrogens with one attached hydrogen (secondary N) is 2. The Kier molecular flexibility index (Phi) is 3.46. The summed E-state index contributed by atoms with van der Waals surface area (Å²) in [5.41, 5.74) is 2.80. The Morgan fingerprint density at radius 2 is 2.18 bits per heavy atom. The molecule has 7 heteroatoms. The standard InChI is InChI=1S/C15H14N4O3/c1-8-5-9(2)14-10(19-22-11(14)6-8)7-13(20)17-12-3-4-16-15(21)18-12/h3-6H,7H2,1-2H3,(H2,16,17,18,20,21). The number of carbonyl (C=O) groups excluding carboxylic acids is 1. The van der Waals surface area contributed by atoms with E-state index in [1.165, 1.54) is 12.3 Å². The second-order valence-corrected chi connectivity index (χ2v) is 5.10. The van der Waals surface area contributed by atoms with Gasteiger partial charge in [-0.1, -0.05) is 11.2 Å². The van der Waals surface area contributed by atoms with Crippen LogP contribution in [0.2, 0.25) is 0 Å². The Bertz CT molecular complexity index is 911. The van der Waals surface area contributed by atoms with Gasteiger partial charge >= 0.3 is 5.69 Å². The smallest absolute Gasteiger partial charge is 0.346 e. The van der Waals surface area contributed by atoms with Crippen molar-refractivity contribution in [3.63, 3.8) is 0 Å². The summed E-state index contributed by atoms with van der Waals surface area (Å²) < 4.78 is 5.28. The predicted molar refractivity (Wildman–Crippen MR) is 80.7 cm³/mol. The number of H-pyrrole nitrogens is 1. The molecule has 0 bridgehead atoms. The van der Waals surface area contributed by atoms with Gasteiger partial charge in [0.2, 0.25) is 5.91 Å². The molecule has 0 saturated carbocycles. The lowest BCUT2D eigenvalue weighted by molar-refractivity contribution is -0.115. The van der Waals surface area contributed by atoms with Crippen molar-refractivity contribution in [2.75, 3.05) is 5.32 Å². The van der Waals surface area contributed by atoms with Crippen molar-refractivity contribution in [1.29, 1.82) is 0 Å². The number of hydrogen-bond acceptors (Lipinski definition) is 5. The molecule has 0 aliphatic rings. The predicted octanol–water partition coefficient (Wildman–Crippen LogP) is 1.71. The second-order valence-electron chi connectivity index (χ2n) is 5.10. The van der Waals surface area contributed by atoms with Gasteiger partial charge in [-0.3, -0.25) is 9.78 Å². The summed E-state index contributed by atoms with van der Waals surface area (Å²) in [7, 11) is 0. The molecule has 3 aromatic rings. The van der Waals surface area contributed by atoms with E-state index in [1.807, 2.05) is 26.0 Å². The van der Waals surface area contributed by atoms with Crippen LogP contribution in [0.15, 0.2) is 33.7 Å². The van der Waals surface area contributed by atoms with E-state index in [0.29, 0.717) is 17.1 Å². The number of aromatic nitrogens is 3. The zero-order valence-corrected chi connectivity index (χ0v) is 12.1. The van der Waals surface area contributed by atoms with Gasteiger partial charge < -0.3 is 9.84 Å². The molecule has 1 amide bonds. The maximum Gasteiger partial charge on any atom is 0.346 e. The molecule has 0 fully saturated rings. The molecule has 2 heterocycles. The normalized spacial score (nSPS) is 10.8. The minimum Gasteiger partial charge on any atom is -0.356 e. The zero-order valence-electron chi connectivity index (χ0n) is 12.1. The maximum absolute atomic E-state index is 12.1. The van der Waals surface area contributed by atoms with Crippen LogP contribution in [0.4, 0.5) is 5.82 Å². The quantitative estimate of drug-likeness (QED) is 0.766. The molecule has 2 N–H and O–H groups in total. The van der Waals surface area contributed by atoms with Crippen LogP contribution in [0.1, 0.15) is 16.8 Å². The van der Waals surface area contributed by atoms with Crippen molar-refractivity contribution >= 4 is 22.7 Å². The van der Waals surface area contributed by atoms with Crippen LogP contribution < -0.4 is 11.0 Å². The molecule has 0 spiro atoms. The number of fused-ring (bicyclic) bond motifs is 1. The lowest BCUT2D eigenvalue weighted by atomic mass is 10.0. The highest BCUT2D eigenvalue weighted by Gasteiger charge is 2.15. The van der Waals surface area contributed by atoms with Crippen molar-refractivity contribution in [2.45, 2.75) is 20.3 Å². The summed E-state index contributed by atoms with van der Waals surface area (Å²) in [5, 5.41) is 7.43. The summed E-state index contributed by atoms with van der Waals surface area (Å²) in [4.78, 5) is 29.1. The van der Waals surface area contributed by atoms with Gasteiger partial charge in [0.05, 0.1) is 6.42 Å². The average molecular weight is 298 g/mol. The van der Waals surface area contributed by atoms with Crippen LogP contribution in [0.3, 0.4) is 0 Å². The van der Waals surface area contributed by atoms with E-state index in [4.69, 9.17) is 4.52 Å². The van der Waals surface area contributed by atoms with E-state index in [-0.39, 0.29) is 12.3 Å². The van der Waals surface area contributed by atoms with Gasteiger partial charge in [0, 0.05) is 11.6 Å². The van der Waals surface area contributed by atoms with E-state index >= 15 is 0 Å². The van der Waals surface area contributed by atoms with E-state index in [1.54, 1.807) is 0 Å². The SMILES string of the molecule is Cc1cc(C)c2c(CC(=O)Nc3ccnc(=O)[nH]3)noc2c1. The molecule has 0 unspecified atom stereocenters. The molecule has 0 radical (unpaired) electrons. The molecule has 3 rings (SSSR count). The first-order valence-corrected chi connectivity index (χ1v) is 6.73. The molecule has 0 saturated heterocycles. The zero-order chi connectivity index (χ0) is 15.7. The minimum absolute atomic E-state index is 0.0568. The second kappa shape index (κ2) is 5.44. The number of carbonyl (C=O) groups is 1. The van der Waals surface area contributed by atoms with Crippen molar-refractivity contribution in [1.82, 2.24) is 15.1 Å². The number of hydrogen-bond donors (Lipinski definition) is 2. The van der Waals surface area contributed by atoms with E-state index < -0.39 is 5.69 Å². The third kappa shape index (κ3) is 2.73. The monoisotopic (exact) mass is 298 g/mol. The number of benzene rings is 1. The minimum atomic E-state index is -0.518. The third-order valence-corrected chi connectivity index (χ3v) is 3.26. The maximum atomic E-state index is 12.1. The fraction of sp³-hybridized carbons (Fsp3) is 0.200. The van der Waals surface area contributed by atoms with E-state index in [0.717, 1.165) is 16.5 Å². The number of nitrogens with zero attached hydrogens (tertiary/aromatic N) is 2. The average Bonchev–Trinajstić information content (AvgIpc) is 2.81. The molecule has 112 valence electrons. The summed E-state index contributed by atoms with van der Waals surface area (Å²) >= 11 is 0. The van der Waals surface area contributed by atoms with Gasteiger partial charge in [-0.25, -0.2) is 9.78 Å². The fourth-order valence-electron chi connectivity index (χ4n) is 2.43. The molecule has 0 atom stereocenters. The first-order chi connectivity index (χ1) is 10.5. The molecule has 2 aromatic heterocycles. The summed E-state index contributed by atoms with van der Waals surface area (Å²) in [6.07, 6.45) is 1.38. The van der Waals surface area contributed by atoms with Crippen LogP contribution in [0, 0.1) is 13.8 Å². The molecule has 22 heavy (non-hydrogen) atoms. The largest absolute Gasteiger partial charge is 0.356 e. The summed E-state index contributed by atoms with van der Waals surface area (Å²) in [5.74, 6) is 0.00221. The molecule has 0 aliphatic heterocycles. The van der Waals surface area contributed by atoms with Gasteiger partial charge in [-0.05, 0) is 37.1 Å². The third-order valence-electron chi connectivity index (χ3n) is 3.26. The Hall–Kier alpha value is -2.96. The van der Waals surface area contributed by atoms with Gasteiger partial charge in [-0.2, -0.15) is 0 Å². The van der Waals surface area contributed by atoms with Crippen LogP contribution in [-0.2, 0) is 11.2 Å². The van der Waals surface area contributed by atoms with Crippen LogP contribution >= 0.6 is 0 Å². The molecule has 7 nitrogen and oxygen atoms in total. The Morgan fingerprint density at radius 1 is 1.36 bits per heavy atom. The number of rotatable bonds is 3. The van der Waals surface area contributed by atoms with Crippen molar-refractivity contribution in [3.8, 4) is 0 Å². The fourth-order valence-corrected chi connectivity index (χ4v) is 2.43. The summed E-state index contributed by atoms with van der Waals surface area (Å²) in [6, 6.07) is 5.41. The topological polar surface area (TPSA) is 101 Å². The lowest BCUT2D eigenvalue weighted by Gasteiger charge is -2.03. The van der Waals surface area contributed by atoms with Crippen molar-refractivity contribution in [3.05, 3.63) is 51.7 Å². The molecular formula is C15H14N4O3. The van der Waals surface area contributed by atoms with Crippen LogP contribution in [-0.4, -0.2) is 21.0 Å².